The molecule has 1 aliphatic rings. The number of allylic oxidation sites excluding steroid dienone is 1. The molecule has 0 saturated heterocycles. The van der Waals surface area contributed by atoms with E-state index in [4.69, 9.17) is 0 Å². The van der Waals surface area contributed by atoms with E-state index in [1.807, 2.05) is 18.4 Å². The van der Waals surface area contributed by atoms with Crippen molar-refractivity contribution in [2.45, 2.75) is 53.0 Å². The second-order valence-corrected chi connectivity index (χ2v) is 7.62. The van der Waals surface area contributed by atoms with Crippen molar-refractivity contribution >= 4 is 17.2 Å². The summed E-state index contributed by atoms with van der Waals surface area (Å²) < 4.78 is 0. The van der Waals surface area contributed by atoms with E-state index < -0.39 is 0 Å². The zero-order chi connectivity index (χ0) is 15.4. The lowest BCUT2D eigenvalue weighted by Gasteiger charge is -2.34. The van der Waals surface area contributed by atoms with Gasteiger partial charge in [-0.05, 0) is 60.9 Å². The van der Waals surface area contributed by atoms with Gasteiger partial charge in [0.2, 0.25) is 0 Å². The molecule has 3 heteroatoms. The molecule has 3 unspecified atom stereocenters. The summed E-state index contributed by atoms with van der Waals surface area (Å²) in [6.45, 7) is 8.88. The first kappa shape index (κ1) is 16.3. The maximum absolute atomic E-state index is 12.5. The van der Waals surface area contributed by atoms with Gasteiger partial charge in [-0.15, -0.1) is 11.3 Å². The molecule has 0 aliphatic heterocycles. The van der Waals surface area contributed by atoms with Gasteiger partial charge in [0.15, 0.2) is 0 Å². The average Bonchev–Trinajstić information content (AvgIpc) is 2.84. The van der Waals surface area contributed by atoms with Crippen LogP contribution in [0.2, 0.25) is 0 Å². The van der Waals surface area contributed by atoms with Crippen LogP contribution in [-0.2, 0) is 0 Å². The molecule has 3 atom stereocenters. The Bertz CT molecular complexity index is 503. The van der Waals surface area contributed by atoms with E-state index >= 15 is 0 Å². The zero-order valence-corrected chi connectivity index (χ0v) is 14.4. The molecule has 0 saturated carbocycles. The summed E-state index contributed by atoms with van der Waals surface area (Å²) >= 11 is 1.53. The van der Waals surface area contributed by atoms with Crippen molar-refractivity contribution in [3.05, 3.63) is 34.0 Å². The van der Waals surface area contributed by atoms with E-state index in [0.29, 0.717) is 17.8 Å². The van der Waals surface area contributed by atoms with Crippen molar-refractivity contribution < 1.29 is 4.79 Å². The van der Waals surface area contributed by atoms with Crippen molar-refractivity contribution in [2.24, 2.45) is 17.8 Å². The SMILES string of the molecule is Cc1ccsc1C(=O)NC1C=CCCC1C(C)CC(C)C. The zero-order valence-electron chi connectivity index (χ0n) is 13.6. The van der Waals surface area contributed by atoms with Crippen molar-refractivity contribution in [1.29, 1.82) is 0 Å². The topological polar surface area (TPSA) is 29.1 Å². The van der Waals surface area contributed by atoms with Crippen molar-refractivity contribution in [2.75, 3.05) is 0 Å². The number of hydrogen-bond donors (Lipinski definition) is 1. The second-order valence-electron chi connectivity index (χ2n) is 6.71. The van der Waals surface area contributed by atoms with Crippen molar-refractivity contribution in [1.82, 2.24) is 5.32 Å². The highest BCUT2D eigenvalue weighted by molar-refractivity contribution is 7.12. The minimum Gasteiger partial charge on any atom is -0.345 e. The predicted molar refractivity (Wildman–Crippen MR) is 90.8 cm³/mol. The number of aryl methyl sites for hydroxylation is 1. The van der Waals surface area contributed by atoms with E-state index in [2.05, 4.69) is 38.2 Å². The summed E-state index contributed by atoms with van der Waals surface area (Å²) in [7, 11) is 0. The highest BCUT2D eigenvalue weighted by Crippen LogP contribution is 2.31. The Kier molecular flexibility index (Phi) is 5.63. The van der Waals surface area contributed by atoms with Crippen LogP contribution in [0.3, 0.4) is 0 Å². The van der Waals surface area contributed by atoms with Crippen LogP contribution in [0.1, 0.15) is 55.3 Å². The molecule has 0 spiro atoms. The smallest absolute Gasteiger partial charge is 0.262 e. The van der Waals surface area contributed by atoms with Gasteiger partial charge in [-0.3, -0.25) is 4.79 Å². The van der Waals surface area contributed by atoms with Gasteiger partial charge in [0.25, 0.3) is 5.91 Å². The minimum atomic E-state index is 0.0841. The first-order chi connectivity index (χ1) is 9.99. The highest BCUT2D eigenvalue weighted by Gasteiger charge is 2.29. The highest BCUT2D eigenvalue weighted by atomic mass is 32.1. The fourth-order valence-corrected chi connectivity index (χ4v) is 4.22. The first-order valence-electron chi connectivity index (χ1n) is 8.00. The summed E-state index contributed by atoms with van der Waals surface area (Å²) in [5, 5.41) is 5.24. The molecule has 1 aromatic rings. The summed E-state index contributed by atoms with van der Waals surface area (Å²) in [5.74, 6) is 1.99. The monoisotopic (exact) mass is 305 g/mol. The molecule has 1 aliphatic carbocycles. The molecule has 1 amide bonds. The van der Waals surface area contributed by atoms with Crippen LogP contribution in [-0.4, -0.2) is 11.9 Å². The normalized spacial score (nSPS) is 23.3. The number of carbonyl (C=O) groups excluding carboxylic acids is 1. The molecule has 2 nitrogen and oxygen atoms in total. The molecular formula is C18H27NOS. The maximum atomic E-state index is 12.5. The van der Waals surface area contributed by atoms with E-state index in [-0.39, 0.29) is 11.9 Å². The largest absolute Gasteiger partial charge is 0.345 e. The fourth-order valence-electron chi connectivity index (χ4n) is 3.39. The molecule has 0 fully saturated rings. The Morgan fingerprint density at radius 3 is 2.81 bits per heavy atom. The van der Waals surface area contributed by atoms with Gasteiger partial charge < -0.3 is 5.32 Å². The van der Waals surface area contributed by atoms with Gasteiger partial charge in [0.1, 0.15) is 0 Å². The van der Waals surface area contributed by atoms with Crippen LogP contribution in [0.15, 0.2) is 23.6 Å². The summed E-state index contributed by atoms with van der Waals surface area (Å²) in [5.41, 5.74) is 1.07. The Morgan fingerprint density at radius 2 is 2.19 bits per heavy atom. The standard InChI is InChI=1S/C18H27NOS/c1-12(2)11-14(4)15-7-5-6-8-16(15)19-18(20)17-13(3)9-10-21-17/h6,8-10,12,14-16H,5,7,11H2,1-4H3,(H,19,20). The van der Waals surface area contributed by atoms with Gasteiger partial charge in [-0.1, -0.05) is 32.9 Å². The first-order valence-corrected chi connectivity index (χ1v) is 8.88. The number of carbonyl (C=O) groups is 1. The van der Waals surface area contributed by atoms with Crippen molar-refractivity contribution in [3.63, 3.8) is 0 Å². The van der Waals surface area contributed by atoms with E-state index in [9.17, 15) is 4.79 Å². The average molecular weight is 305 g/mol. The fraction of sp³-hybridized carbons (Fsp3) is 0.611. The molecule has 21 heavy (non-hydrogen) atoms. The van der Waals surface area contributed by atoms with Gasteiger partial charge in [0.05, 0.1) is 10.9 Å². The molecule has 116 valence electrons. The third kappa shape index (κ3) is 4.19. The summed E-state index contributed by atoms with van der Waals surface area (Å²) in [6, 6.07) is 2.19. The number of amides is 1. The molecule has 1 N–H and O–H groups in total. The van der Waals surface area contributed by atoms with Crippen LogP contribution in [0.25, 0.3) is 0 Å². The molecule has 1 aromatic heterocycles. The minimum absolute atomic E-state index is 0.0841. The van der Waals surface area contributed by atoms with Gasteiger partial charge in [0, 0.05) is 0 Å². The predicted octanol–water partition coefficient (Wildman–Crippen LogP) is 4.80. The number of nitrogens with one attached hydrogen (secondary N) is 1. The Morgan fingerprint density at radius 1 is 1.43 bits per heavy atom. The molecule has 1 heterocycles. The number of thiophene rings is 1. The molecule has 0 radical (unpaired) electrons. The van der Waals surface area contributed by atoms with E-state index in [1.165, 1.54) is 24.2 Å². The van der Waals surface area contributed by atoms with Crippen LogP contribution in [0.5, 0.6) is 0 Å². The Balaban J connectivity index is 2.05. The van der Waals surface area contributed by atoms with Gasteiger partial charge >= 0.3 is 0 Å². The molecule has 0 bridgehead atoms. The van der Waals surface area contributed by atoms with Gasteiger partial charge in [-0.2, -0.15) is 0 Å². The number of rotatable bonds is 5. The van der Waals surface area contributed by atoms with Crippen molar-refractivity contribution in [3.8, 4) is 0 Å². The quantitative estimate of drug-likeness (QED) is 0.778. The molecule has 0 aromatic carbocycles. The summed E-state index contributed by atoms with van der Waals surface area (Å²) in [6.07, 6.45) is 7.95. The Labute approximate surface area is 132 Å². The van der Waals surface area contributed by atoms with Crippen LogP contribution in [0, 0.1) is 24.7 Å². The third-order valence-corrected chi connectivity index (χ3v) is 5.43. The van der Waals surface area contributed by atoms with Crippen LogP contribution in [0.4, 0.5) is 0 Å². The Hall–Kier alpha value is -1.09. The van der Waals surface area contributed by atoms with Crippen LogP contribution >= 0.6 is 11.3 Å². The lowest BCUT2D eigenvalue weighted by Crippen LogP contribution is -2.42. The maximum Gasteiger partial charge on any atom is 0.262 e. The molecule has 2 rings (SSSR count). The molecular weight excluding hydrogens is 278 g/mol. The lowest BCUT2D eigenvalue weighted by atomic mass is 9.77. The third-order valence-electron chi connectivity index (χ3n) is 4.41. The van der Waals surface area contributed by atoms with E-state index in [0.717, 1.165) is 16.9 Å². The second kappa shape index (κ2) is 7.26. The lowest BCUT2D eigenvalue weighted by molar-refractivity contribution is 0.0921. The van der Waals surface area contributed by atoms with Crippen LogP contribution < -0.4 is 5.32 Å². The summed E-state index contributed by atoms with van der Waals surface area (Å²) in [4.78, 5) is 13.3. The van der Waals surface area contributed by atoms with E-state index in [1.54, 1.807) is 0 Å². The van der Waals surface area contributed by atoms with Gasteiger partial charge in [-0.25, -0.2) is 0 Å². The number of hydrogen-bond acceptors (Lipinski definition) is 2.